The molecule has 1 unspecified atom stereocenters. The van der Waals surface area contributed by atoms with Crippen LogP contribution in [-0.4, -0.2) is 10.9 Å². The van der Waals surface area contributed by atoms with Gasteiger partial charge in [0.2, 0.25) is 0 Å². The van der Waals surface area contributed by atoms with E-state index in [0.29, 0.717) is 11.4 Å². The van der Waals surface area contributed by atoms with Gasteiger partial charge >= 0.3 is 0 Å². The van der Waals surface area contributed by atoms with Crippen LogP contribution in [0.3, 0.4) is 0 Å². The fraction of sp³-hybridized carbons (Fsp3) is 0.231. The van der Waals surface area contributed by atoms with Crippen LogP contribution in [-0.2, 0) is 0 Å². The van der Waals surface area contributed by atoms with E-state index in [9.17, 15) is 4.79 Å². The highest BCUT2D eigenvalue weighted by Crippen LogP contribution is 2.22. The molecule has 3 N–H and O–H groups in total. The molecule has 2 aromatic heterocycles. The van der Waals surface area contributed by atoms with Gasteiger partial charge in [-0.05, 0) is 38.1 Å². The molecule has 0 radical (unpaired) electrons. The number of nitrogens with one attached hydrogen (secondary N) is 1. The number of aryl methyl sites for hydroxylation is 1. The number of anilines is 1. The molecule has 94 valence electrons. The van der Waals surface area contributed by atoms with E-state index in [1.54, 1.807) is 23.5 Å². The van der Waals surface area contributed by atoms with E-state index < -0.39 is 0 Å². The summed E-state index contributed by atoms with van der Waals surface area (Å²) in [6.45, 7) is 4.00. The standard InChI is InChI=1S/C13H15N3OS/c1-8-3-4-12(18-8)9(2)16-13(17)11-7-10(14)5-6-15-11/h3-7,9H,1-2H3,(H2,14,15)(H,16,17). The van der Waals surface area contributed by atoms with E-state index >= 15 is 0 Å². The number of carbonyl (C=O) groups is 1. The van der Waals surface area contributed by atoms with Gasteiger partial charge in [0, 0.05) is 21.6 Å². The molecule has 0 spiro atoms. The fourth-order valence-electron chi connectivity index (χ4n) is 1.60. The Labute approximate surface area is 110 Å². The average molecular weight is 261 g/mol. The average Bonchev–Trinajstić information content (AvgIpc) is 2.76. The Kier molecular flexibility index (Phi) is 3.62. The predicted octanol–water partition coefficient (Wildman–Crippen LogP) is 2.52. The van der Waals surface area contributed by atoms with Crippen molar-refractivity contribution in [3.05, 3.63) is 45.9 Å². The second kappa shape index (κ2) is 5.18. The summed E-state index contributed by atoms with van der Waals surface area (Å²) in [4.78, 5) is 18.3. The number of aromatic nitrogens is 1. The smallest absolute Gasteiger partial charge is 0.270 e. The molecule has 2 aromatic rings. The number of nitrogen functional groups attached to an aromatic ring is 1. The van der Waals surface area contributed by atoms with Crippen LogP contribution < -0.4 is 11.1 Å². The van der Waals surface area contributed by atoms with Gasteiger partial charge < -0.3 is 11.1 Å². The topological polar surface area (TPSA) is 68.0 Å². The maximum absolute atomic E-state index is 12.0. The third-order valence-electron chi connectivity index (χ3n) is 2.55. The summed E-state index contributed by atoms with van der Waals surface area (Å²) in [5.74, 6) is -0.208. The summed E-state index contributed by atoms with van der Waals surface area (Å²) < 4.78 is 0. The van der Waals surface area contributed by atoms with Crippen molar-refractivity contribution in [2.45, 2.75) is 19.9 Å². The number of hydrogen-bond donors (Lipinski definition) is 2. The van der Waals surface area contributed by atoms with E-state index in [1.165, 1.54) is 11.1 Å². The molecule has 0 bridgehead atoms. The van der Waals surface area contributed by atoms with Crippen molar-refractivity contribution < 1.29 is 4.79 Å². The van der Waals surface area contributed by atoms with Gasteiger partial charge in [-0.15, -0.1) is 11.3 Å². The first kappa shape index (κ1) is 12.6. The van der Waals surface area contributed by atoms with Gasteiger partial charge in [-0.25, -0.2) is 0 Å². The van der Waals surface area contributed by atoms with Crippen LogP contribution in [0.2, 0.25) is 0 Å². The Balaban J connectivity index is 2.08. The molecule has 1 amide bonds. The molecule has 0 saturated heterocycles. The second-order valence-electron chi connectivity index (χ2n) is 4.12. The number of carbonyl (C=O) groups excluding carboxylic acids is 1. The minimum absolute atomic E-state index is 0.0283. The number of nitrogens with zero attached hydrogens (tertiary/aromatic N) is 1. The number of hydrogen-bond acceptors (Lipinski definition) is 4. The van der Waals surface area contributed by atoms with Crippen molar-refractivity contribution in [2.75, 3.05) is 5.73 Å². The van der Waals surface area contributed by atoms with Crippen molar-refractivity contribution in [1.82, 2.24) is 10.3 Å². The molecule has 0 aliphatic heterocycles. The number of pyridine rings is 1. The number of amides is 1. The maximum atomic E-state index is 12.0. The lowest BCUT2D eigenvalue weighted by Crippen LogP contribution is -2.26. The third-order valence-corrected chi connectivity index (χ3v) is 3.74. The molecule has 1 atom stereocenters. The van der Waals surface area contributed by atoms with Crippen LogP contribution in [0.1, 0.15) is 33.2 Å². The summed E-state index contributed by atoms with van der Waals surface area (Å²) in [5, 5.41) is 2.91. The first-order chi connectivity index (χ1) is 8.56. The molecular formula is C13H15N3OS. The van der Waals surface area contributed by atoms with Crippen molar-refractivity contribution in [1.29, 1.82) is 0 Å². The van der Waals surface area contributed by atoms with Gasteiger partial charge in [0.1, 0.15) is 5.69 Å². The normalized spacial score (nSPS) is 12.1. The van der Waals surface area contributed by atoms with Gasteiger partial charge in [0.05, 0.1) is 6.04 Å². The second-order valence-corrected chi connectivity index (χ2v) is 5.44. The van der Waals surface area contributed by atoms with Gasteiger partial charge in [0.25, 0.3) is 5.91 Å². The van der Waals surface area contributed by atoms with E-state index in [2.05, 4.69) is 10.3 Å². The molecule has 0 aliphatic rings. The van der Waals surface area contributed by atoms with Gasteiger partial charge in [0.15, 0.2) is 0 Å². The molecule has 5 heteroatoms. The molecule has 2 rings (SSSR count). The molecule has 2 heterocycles. The lowest BCUT2D eigenvalue weighted by atomic mass is 10.2. The summed E-state index contributed by atoms with van der Waals surface area (Å²) in [7, 11) is 0. The van der Waals surface area contributed by atoms with Crippen LogP contribution in [0, 0.1) is 6.92 Å². The minimum Gasteiger partial charge on any atom is -0.399 e. The molecule has 0 aromatic carbocycles. The third kappa shape index (κ3) is 2.87. The largest absolute Gasteiger partial charge is 0.399 e. The quantitative estimate of drug-likeness (QED) is 0.892. The van der Waals surface area contributed by atoms with Gasteiger partial charge in [-0.1, -0.05) is 0 Å². The highest BCUT2D eigenvalue weighted by atomic mass is 32.1. The molecular weight excluding hydrogens is 246 g/mol. The lowest BCUT2D eigenvalue weighted by Gasteiger charge is -2.11. The van der Waals surface area contributed by atoms with E-state index in [4.69, 9.17) is 5.73 Å². The highest BCUT2D eigenvalue weighted by molar-refractivity contribution is 7.12. The van der Waals surface area contributed by atoms with E-state index in [0.717, 1.165) is 4.88 Å². The zero-order valence-corrected chi connectivity index (χ0v) is 11.1. The number of thiophene rings is 1. The summed E-state index contributed by atoms with van der Waals surface area (Å²) in [6, 6.07) is 7.27. The summed E-state index contributed by atoms with van der Waals surface area (Å²) in [6.07, 6.45) is 1.53. The predicted molar refractivity (Wildman–Crippen MR) is 73.6 cm³/mol. The molecule has 0 aliphatic carbocycles. The number of rotatable bonds is 3. The van der Waals surface area contributed by atoms with Crippen LogP contribution >= 0.6 is 11.3 Å². The van der Waals surface area contributed by atoms with Crippen LogP contribution in [0.25, 0.3) is 0 Å². The number of nitrogens with two attached hydrogens (primary N) is 1. The Hall–Kier alpha value is -1.88. The lowest BCUT2D eigenvalue weighted by molar-refractivity contribution is 0.0935. The minimum atomic E-state index is -0.208. The zero-order valence-electron chi connectivity index (χ0n) is 10.3. The summed E-state index contributed by atoms with van der Waals surface area (Å²) >= 11 is 1.68. The van der Waals surface area contributed by atoms with Crippen molar-refractivity contribution in [2.24, 2.45) is 0 Å². The Bertz CT molecular complexity index is 565. The maximum Gasteiger partial charge on any atom is 0.270 e. The van der Waals surface area contributed by atoms with Gasteiger partial charge in [-0.3, -0.25) is 9.78 Å². The Morgan fingerprint density at radius 3 is 2.83 bits per heavy atom. The first-order valence-corrected chi connectivity index (χ1v) is 6.46. The van der Waals surface area contributed by atoms with Gasteiger partial charge in [-0.2, -0.15) is 0 Å². The Morgan fingerprint density at radius 1 is 1.44 bits per heavy atom. The monoisotopic (exact) mass is 261 g/mol. The molecule has 18 heavy (non-hydrogen) atoms. The van der Waals surface area contributed by atoms with E-state index in [-0.39, 0.29) is 11.9 Å². The molecule has 4 nitrogen and oxygen atoms in total. The Morgan fingerprint density at radius 2 is 2.22 bits per heavy atom. The molecule has 0 fully saturated rings. The van der Waals surface area contributed by atoms with E-state index in [1.807, 2.05) is 26.0 Å². The zero-order chi connectivity index (χ0) is 13.1. The van der Waals surface area contributed by atoms with Crippen molar-refractivity contribution >= 4 is 22.9 Å². The van der Waals surface area contributed by atoms with Crippen molar-refractivity contribution in [3.63, 3.8) is 0 Å². The van der Waals surface area contributed by atoms with Crippen molar-refractivity contribution in [3.8, 4) is 0 Å². The SMILES string of the molecule is Cc1ccc(C(C)NC(=O)c2cc(N)ccn2)s1. The van der Waals surface area contributed by atoms with Crippen LogP contribution in [0.5, 0.6) is 0 Å². The summed E-state index contributed by atoms with van der Waals surface area (Å²) in [5.41, 5.74) is 6.50. The van der Waals surface area contributed by atoms with Crippen LogP contribution in [0.15, 0.2) is 30.5 Å². The first-order valence-electron chi connectivity index (χ1n) is 5.65. The van der Waals surface area contributed by atoms with Crippen LogP contribution in [0.4, 0.5) is 5.69 Å². The molecule has 0 saturated carbocycles. The highest BCUT2D eigenvalue weighted by Gasteiger charge is 2.13. The fourth-order valence-corrected chi connectivity index (χ4v) is 2.48.